The highest BCUT2D eigenvalue weighted by molar-refractivity contribution is 5.67. The Morgan fingerprint density at radius 2 is 1.86 bits per heavy atom. The van der Waals surface area contributed by atoms with Crippen LogP contribution in [-0.2, 0) is 0 Å². The zero-order valence-electron chi connectivity index (χ0n) is 8.54. The first-order chi connectivity index (χ1) is 6.68. The van der Waals surface area contributed by atoms with E-state index in [1.165, 1.54) is 11.1 Å². The molecule has 1 N–H and O–H groups in total. The summed E-state index contributed by atoms with van der Waals surface area (Å²) in [4.78, 5) is 2.05. The van der Waals surface area contributed by atoms with Crippen LogP contribution in [0.2, 0.25) is 0 Å². The predicted molar refractivity (Wildman–Crippen MR) is 59.2 cm³/mol. The Balaban J connectivity index is 2.33. The van der Waals surface area contributed by atoms with Gasteiger partial charge in [-0.25, -0.2) is 0 Å². The molecule has 14 heavy (non-hydrogen) atoms. The van der Waals surface area contributed by atoms with E-state index < -0.39 is 0 Å². The number of rotatable bonds is 1. The minimum atomic E-state index is 0.917. The van der Waals surface area contributed by atoms with Gasteiger partial charge in [0.2, 0.25) is 0 Å². The highest BCUT2D eigenvalue weighted by atomic mass is 15.3. The van der Waals surface area contributed by atoms with Crippen molar-refractivity contribution < 1.29 is 0 Å². The van der Waals surface area contributed by atoms with Gasteiger partial charge in [0.05, 0.1) is 5.70 Å². The fourth-order valence-electron chi connectivity index (χ4n) is 1.49. The van der Waals surface area contributed by atoms with Gasteiger partial charge in [-0.1, -0.05) is 36.4 Å². The maximum atomic E-state index is 3.89. The molecule has 1 aromatic carbocycles. The van der Waals surface area contributed by atoms with Crippen LogP contribution in [0.15, 0.2) is 42.9 Å². The minimum Gasteiger partial charge on any atom is -0.346 e. The van der Waals surface area contributed by atoms with Gasteiger partial charge in [0, 0.05) is 13.2 Å². The molecule has 0 spiro atoms. The lowest BCUT2D eigenvalue weighted by Crippen LogP contribution is -2.14. The van der Waals surface area contributed by atoms with Crippen LogP contribution >= 0.6 is 0 Å². The van der Waals surface area contributed by atoms with Gasteiger partial charge in [-0.15, -0.1) is 0 Å². The van der Waals surface area contributed by atoms with Gasteiger partial charge in [0.1, 0.15) is 5.82 Å². The van der Waals surface area contributed by atoms with Crippen LogP contribution < -0.4 is 5.32 Å². The van der Waals surface area contributed by atoms with Crippen LogP contribution in [0.4, 0.5) is 0 Å². The summed E-state index contributed by atoms with van der Waals surface area (Å²) in [6, 6.07) is 8.48. The normalized spacial score (nSPS) is 15.4. The maximum absolute atomic E-state index is 3.89. The van der Waals surface area contributed by atoms with E-state index in [1.807, 2.05) is 18.1 Å². The lowest BCUT2D eigenvalue weighted by Gasteiger charge is -2.16. The number of hydrogen-bond acceptors (Lipinski definition) is 2. The molecule has 0 unspecified atom stereocenters. The third kappa shape index (κ3) is 1.39. The molecule has 1 aliphatic rings. The SMILES string of the molecule is C=C1NC=C(c2ccc(C)cc2)N1C. The third-order valence-corrected chi connectivity index (χ3v) is 2.49. The van der Waals surface area contributed by atoms with Crippen molar-refractivity contribution in [1.29, 1.82) is 0 Å². The van der Waals surface area contributed by atoms with E-state index in [9.17, 15) is 0 Å². The van der Waals surface area contributed by atoms with E-state index in [-0.39, 0.29) is 0 Å². The minimum absolute atomic E-state index is 0.917. The van der Waals surface area contributed by atoms with E-state index in [4.69, 9.17) is 0 Å². The van der Waals surface area contributed by atoms with Crippen molar-refractivity contribution in [2.45, 2.75) is 6.92 Å². The fourth-order valence-corrected chi connectivity index (χ4v) is 1.49. The summed E-state index contributed by atoms with van der Waals surface area (Å²) in [6.07, 6.45) is 1.98. The van der Waals surface area contributed by atoms with Gasteiger partial charge < -0.3 is 10.2 Å². The number of nitrogens with one attached hydrogen (secondary N) is 1. The Labute approximate surface area is 84.5 Å². The molecule has 0 bridgehead atoms. The molecule has 0 fully saturated rings. The van der Waals surface area contributed by atoms with E-state index >= 15 is 0 Å². The number of aryl methyl sites for hydroxylation is 1. The van der Waals surface area contributed by atoms with Crippen molar-refractivity contribution >= 4 is 5.70 Å². The van der Waals surface area contributed by atoms with Crippen LogP contribution in [0.1, 0.15) is 11.1 Å². The molecule has 0 aromatic heterocycles. The molecule has 0 saturated heterocycles. The molecule has 0 atom stereocenters. The molecule has 0 radical (unpaired) electrons. The van der Waals surface area contributed by atoms with E-state index in [0.717, 1.165) is 11.5 Å². The summed E-state index contributed by atoms with van der Waals surface area (Å²) >= 11 is 0. The Kier molecular flexibility index (Phi) is 2.04. The zero-order valence-corrected chi connectivity index (χ0v) is 8.54. The van der Waals surface area contributed by atoms with Gasteiger partial charge >= 0.3 is 0 Å². The van der Waals surface area contributed by atoms with Gasteiger partial charge in [-0.05, 0) is 12.5 Å². The first kappa shape index (κ1) is 8.88. The lowest BCUT2D eigenvalue weighted by atomic mass is 10.1. The van der Waals surface area contributed by atoms with Crippen molar-refractivity contribution in [2.24, 2.45) is 0 Å². The summed E-state index contributed by atoms with van der Waals surface area (Å²) in [5, 5.41) is 3.10. The average Bonchev–Trinajstić information content (AvgIpc) is 2.50. The van der Waals surface area contributed by atoms with Crippen LogP contribution in [0.5, 0.6) is 0 Å². The van der Waals surface area contributed by atoms with Gasteiger partial charge in [-0.2, -0.15) is 0 Å². The molecule has 2 nitrogen and oxygen atoms in total. The Morgan fingerprint density at radius 3 is 2.36 bits per heavy atom. The third-order valence-electron chi connectivity index (χ3n) is 2.49. The Bertz CT molecular complexity index is 387. The summed E-state index contributed by atoms with van der Waals surface area (Å²) in [6.45, 7) is 5.98. The van der Waals surface area contributed by atoms with Gasteiger partial charge in [0.15, 0.2) is 0 Å². The first-order valence-electron chi connectivity index (χ1n) is 4.65. The average molecular weight is 186 g/mol. The Hall–Kier alpha value is -1.70. The van der Waals surface area contributed by atoms with E-state index in [0.29, 0.717) is 0 Å². The molecular formula is C12H14N2. The molecule has 1 heterocycles. The monoisotopic (exact) mass is 186 g/mol. The molecular weight excluding hydrogens is 172 g/mol. The standard InChI is InChI=1S/C12H14N2/c1-9-4-6-11(7-5-9)12-8-13-10(2)14(12)3/h4-8,13H,2H2,1,3H3. The number of hydrogen-bond donors (Lipinski definition) is 1. The molecule has 72 valence electrons. The number of benzene rings is 1. The van der Waals surface area contributed by atoms with E-state index in [1.54, 1.807) is 0 Å². The van der Waals surface area contributed by atoms with Crippen LogP contribution in [0.3, 0.4) is 0 Å². The fraction of sp³-hybridized carbons (Fsp3) is 0.167. The van der Waals surface area contributed by atoms with Crippen molar-refractivity contribution in [1.82, 2.24) is 10.2 Å². The van der Waals surface area contributed by atoms with Crippen LogP contribution in [0, 0.1) is 6.92 Å². The summed E-state index contributed by atoms with van der Waals surface area (Å²) in [5.74, 6) is 0.917. The second-order valence-corrected chi connectivity index (χ2v) is 3.55. The maximum Gasteiger partial charge on any atom is 0.102 e. The predicted octanol–water partition coefficient (Wildman–Crippen LogP) is 2.30. The lowest BCUT2D eigenvalue weighted by molar-refractivity contribution is 0.596. The van der Waals surface area contributed by atoms with Crippen molar-refractivity contribution in [3.8, 4) is 0 Å². The Morgan fingerprint density at radius 1 is 1.21 bits per heavy atom. The molecule has 1 aromatic rings. The molecule has 2 heteroatoms. The molecule has 2 rings (SSSR count). The molecule has 1 aliphatic heterocycles. The van der Waals surface area contributed by atoms with Crippen LogP contribution in [0.25, 0.3) is 5.70 Å². The highest BCUT2D eigenvalue weighted by Gasteiger charge is 2.15. The molecule has 0 amide bonds. The van der Waals surface area contributed by atoms with Gasteiger partial charge in [-0.3, -0.25) is 0 Å². The smallest absolute Gasteiger partial charge is 0.102 e. The largest absolute Gasteiger partial charge is 0.346 e. The van der Waals surface area contributed by atoms with Crippen LogP contribution in [-0.4, -0.2) is 11.9 Å². The summed E-state index contributed by atoms with van der Waals surface area (Å²) in [5.41, 5.74) is 3.65. The quantitative estimate of drug-likeness (QED) is 0.724. The second-order valence-electron chi connectivity index (χ2n) is 3.55. The number of nitrogens with zero attached hydrogens (tertiary/aromatic N) is 1. The zero-order chi connectivity index (χ0) is 10.1. The van der Waals surface area contributed by atoms with Crippen molar-refractivity contribution in [3.05, 3.63) is 54.0 Å². The molecule has 0 saturated carbocycles. The summed E-state index contributed by atoms with van der Waals surface area (Å²) in [7, 11) is 2.01. The second kappa shape index (κ2) is 3.22. The first-order valence-corrected chi connectivity index (χ1v) is 4.65. The van der Waals surface area contributed by atoms with Gasteiger partial charge in [0.25, 0.3) is 0 Å². The van der Waals surface area contributed by atoms with Crippen molar-refractivity contribution in [2.75, 3.05) is 7.05 Å². The topological polar surface area (TPSA) is 15.3 Å². The van der Waals surface area contributed by atoms with E-state index in [2.05, 4.69) is 43.1 Å². The van der Waals surface area contributed by atoms with Crippen molar-refractivity contribution in [3.63, 3.8) is 0 Å². The summed E-state index contributed by atoms with van der Waals surface area (Å²) < 4.78 is 0. The highest BCUT2D eigenvalue weighted by Crippen LogP contribution is 2.23. The molecule has 0 aliphatic carbocycles.